The van der Waals surface area contributed by atoms with E-state index in [0.29, 0.717) is 0 Å². The summed E-state index contributed by atoms with van der Waals surface area (Å²) in [7, 11) is 0. The van der Waals surface area contributed by atoms with Gasteiger partial charge in [-0.2, -0.15) is 0 Å². The van der Waals surface area contributed by atoms with Gasteiger partial charge >= 0.3 is 0 Å². The number of benzene rings is 2. The average Bonchev–Trinajstić information content (AvgIpc) is 3.08. The first kappa shape index (κ1) is 13.7. The Balaban J connectivity index is 0.000000133. The van der Waals surface area contributed by atoms with Crippen LogP contribution in [0.3, 0.4) is 0 Å². The van der Waals surface area contributed by atoms with Gasteiger partial charge in [-0.05, 0) is 35.0 Å². The third kappa shape index (κ3) is 3.17. The van der Waals surface area contributed by atoms with E-state index in [9.17, 15) is 0 Å². The molecule has 0 aliphatic carbocycles. The Morgan fingerprint density at radius 1 is 0.526 bits per heavy atom. The number of nitrogens with one attached hydrogen (secondary N) is 2. The molecule has 2 aromatic carbocycles. The molecule has 0 atom stereocenters. The molecule has 0 fully saturated rings. The fourth-order valence-corrected chi connectivity index (χ4v) is 1.99. The first-order valence-electron chi connectivity index (χ1n) is 5.98. The predicted molar refractivity (Wildman–Crippen MR) is 92.0 cm³/mol. The van der Waals surface area contributed by atoms with Crippen LogP contribution in [0.5, 0.6) is 0 Å². The molecule has 0 amide bonds. The fourth-order valence-electron chi connectivity index (χ4n) is 1.99. The minimum absolute atomic E-state index is 0. The molecule has 3 heteroatoms. The zero-order chi connectivity index (χ0) is 12.2. The standard InChI is InChI=1S/2C8H7N.HI/c2*1-2-4-8-7(3-1)5-6-9-8;/h2*1-6,9H;1H. The van der Waals surface area contributed by atoms with Gasteiger partial charge in [-0.15, -0.1) is 24.0 Å². The smallest absolute Gasteiger partial charge is 0.0453 e. The maximum Gasteiger partial charge on any atom is 0.0453 e. The summed E-state index contributed by atoms with van der Waals surface area (Å²) in [5, 5.41) is 2.55. The summed E-state index contributed by atoms with van der Waals surface area (Å²) >= 11 is 0. The summed E-state index contributed by atoms with van der Waals surface area (Å²) in [5.41, 5.74) is 2.41. The van der Waals surface area contributed by atoms with E-state index < -0.39 is 0 Å². The van der Waals surface area contributed by atoms with Gasteiger partial charge in [0.15, 0.2) is 0 Å². The first-order valence-corrected chi connectivity index (χ1v) is 5.98. The van der Waals surface area contributed by atoms with Crippen LogP contribution in [-0.2, 0) is 0 Å². The Morgan fingerprint density at radius 2 is 0.947 bits per heavy atom. The number of para-hydroxylation sites is 2. The minimum Gasteiger partial charge on any atom is -0.361 e. The van der Waals surface area contributed by atoms with Crippen LogP contribution in [0.4, 0.5) is 0 Å². The van der Waals surface area contributed by atoms with Gasteiger partial charge in [0.2, 0.25) is 0 Å². The van der Waals surface area contributed by atoms with E-state index in [2.05, 4.69) is 46.4 Å². The highest BCUT2D eigenvalue weighted by Gasteiger charge is 1.87. The molecule has 0 saturated heterocycles. The van der Waals surface area contributed by atoms with Crippen molar-refractivity contribution >= 4 is 45.8 Å². The van der Waals surface area contributed by atoms with E-state index in [1.807, 2.05) is 36.7 Å². The third-order valence-electron chi connectivity index (χ3n) is 2.93. The normalized spacial score (nSPS) is 9.68. The molecule has 0 radical (unpaired) electrons. The molecule has 0 bridgehead atoms. The molecule has 0 unspecified atom stereocenters. The van der Waals surface area contributed by atoms with Crippen LogP contribution in [0.25, 0.3) is 21.8 Å². The lowest BCUT2D eigenvalue weighted by atomic mass is 10.3. The van der Waals surface area contributed by atoms with Crippen molar-refractivity contribution in [1.29, 1.82) is 0 Å². The van der Waals surface area contributed by atoms with Crippen molar-refractivity contribution in [2.45, 2.75) is 0 Å². The monoisotopic (exact) mass is 362 g/mol. The van der Waals surface area contributed by atoms with Crippen LogP contribution in [-0.4, -0.2) is 9.97 Å². The molecule has 19 heavy (non-hydrogen) atoms. The average molecular weight is 362 g/mol. The van der Waals surface area contributed by atoms with Crippen LogP contribution in [0.15, 0.2) is 73.1 Å². The molecule has 2 nitrogen and oxygen atoms in total. The lowest BCUT2D eigenvalue weighted by Crippen LogP contribution is -1.61. The molecule has 96 valence electrons. The molecule has 0 spiro atoms. The van der Waals surface area contributed by atoms with E-state index in [4.69, 9.17) is 0 Å². The van der Waals surface area contributed by atoms with Gasteiger partial charge in [0.25, 0.3) is 0 Å². The van der Waals surface area contributed by atoms with Crippen LogP contribution < -0.4 is 0 Å². The van der Waals surface area contributed by atoms with Gasteiger partial charge in [-0.1, -0.05) is 36.4 Å². The van der Waals surface area contributed by atoms with E-state index in [1.54, 1.807) is 0 Å². The lowest BCUT2D eigenvalue weighted by Gasteiger charge is -1.83. The number of halogens is 1. The van der Waals surface area contributed by atoms with Crippen LogP contribution >= 0.6 is 24.0 Å². The maximum absolute atomic E-state index is 3.12. The largest absolute Gasteiger partial charge is 0.361 e. The van der Waals surface area contributed by atoms with Gasteiger partial charge < -0.3 is 9.97 Å². The van der Waals surface area contributed by atoms with Gasteiger partial charge in [0, 0.05) is 23.4 Å². The molecule has 4 aromatic rings. The highest BCUT2D eigenvalue weighted by molar-refractivity contribution is 14.0. The van der Waals surface area contributed by atoms with E-state index >= 15 is 0 Å². The van der Waals surface area contributed by atoms with Crippen molar-refractivity contribution in [3.8, 4) is 0 Å². The van der Waals surface area contributed by atoms with Crippen molar-refractivity contribution < 1.29 is 0 Å². The first-order chi connectivity index (χ1) is 8.93. The van der Waals surface area contributed by atoms with Crippen molar-refractivity contribution in [3.05, 3.63) is 73.1 Å². The highest BCUT2D eigenvalue weighted by atomic mass is 127. The van der Waals surface area contributed by atoms with Crippen LogP contribution in [0.2, 0.25) is 0 Å². The van der Waals surface area contributed by atoms with E-state index in [1.165, 1.54) is 21.8 Å². The lowest BCUT2D eigenvalue weighted by molar-refractivity contribution is 1.48. The molecular weight excluding hydrogens is 347 g/mol. The molecular formula is C16H15IN2. The summed E-state index contributed by atoms with van der Waals surface area (Å²) in [5.74, 6) is 0. The number of aromatic amines is 2. The van der Waals surface area contributed by atoms with Gasteiger partial charge in [-0.25, -0.2) is 0 Å². The summed E-state index contributed by atoms with van der Waals surface area (Å²) in [4.78, 5) is 6.24. The highest BCUT2D eigenvalue weighted by Crippen LogP contribution is 2.09. The molecule has 2 aromatic heterocycles. The maximum atomic E-state index is 3.12. The fraction of sp³-hybridized carbons (Fsp3) is 0. The van der Waals surface area contributed by atoms with Gasteiger partial charge in [-0.3, -0.25) is 0 Å². The Kier molecular flexibility index (Phi) is 4.63. The molecule has 0 saturated carbocycles. The minimum atomic E-state index is 0. The Morgan fingerprint density at radius 3 is 1.37 bits per heavy atom. The Labute approximate surface area is 128 Å². The summed E-state index contributed by atoms with van der Waals surface area (Å²) in [6, 6.07) is 20.6. The molecule has 0 aliphatic heterocycles. The van der Waals surface area contributed by atoms with Crippen molar-refractivity contribution in [2.24, 2.45) is 0 Å². The number of fused-ring (bicyclic) bond motifs is 2. The number of hydrogen-bond donors (Lipinski definition) is 2. The second-order valence-electron chi connectivity index (χ2n) is 4.13. The molecule has 0 aliphatic rings. The van der Waals surface area contributed by atoms with E-state index in [-0.39, 0.29) is 24.0 Å². The summed E-state index contributed by atoms with van der Waals surface area (Å²) < 4.78 is 0. The second kappa shape index (κ2) is 6.43. The number of hydrogen-bond acceptors (Lipinski definition) is 0. The van der Waals surface area contributed by atoms with Crippen molar-refractivity contribution in [2.75, 3.05) is 0 Å². The predicted octanol–water partition coefficient (Wildman–Crippen LogP) is 4.95. The zero-order valence-corrected chi connectivity index (χ0v) is 12.7. The number of aromatic nitrogens is 2. The van der Waals surface area contributed by atoms with Gasteiger partial charge in [0.05, 0.1) is 0 Å². The number of H-pyrrole nitrogens is 2. The topological polar surface area (TPSA) is 31.6 Å². The van der Waals surface area contributed by atoms with Gasteiger partial charge in [0.1, 0.15) is 0 Å². The number of rotatable bonds is 0. The molecule has 2 N–H and O–H groups in total. The Bertz CT molecular complexity index is 629. The van der Waals surface area contributed by atoms with Crippen molar-refractivity contribution in [1.82, 2.24) is 9.97 Å². The zero-order valence-electron chi connectivity index (χ0n) is 10.3. The molecule has 4 rings (SSSR count). The van der Waals surface area contributed by atoms with Crippen molar-refractivity contribution in [3.63, 3.8) is 0 Å². The van der Waals surface area contributed by atoms with E-state index in [0.717, 1.165) is 0 Å². The Hall–Kier alpha value is -1.75. The van der Waals surface area contributed by atoms with Crippen LogP contribution in [0.1, 0.15) is 0 Å². The summed E-state index contributed by atoms with van der Waals surface area (Å²) in [6.45, 7) is 0. The quantitative estimate of drug-likeness (QED) is 0.415. The SMILES string of the molecule is I.c1ccc2[nH]ccc2c1.c1ccc2[nH]ccc2c1. The summed E-state index contributed by atoms with van der Waals surface area (Å²) in [6.07, 6.45) is 3.90. The van der Waals surface area contributed by atoms with Crippen LogP contribution in [0, 0.1) is 0 Å². The third-order valence-corrected chi connectivity index (χ3v) is 2.93. The second-order valence-corrected chi connectivity index (χ2v) is 4.13. The molecule has 2 heterocycles.